The Hall–Kier alpha value is -2.07. The van der Waals surface area contributed by atoms with Crippen LogP contribution in [0.15, 0.2) is 36.4 Å². The SMILES string of the molecule is O=C(O)c1ccc2ccccc2c1OCC1CCCCO1. The fraction of sp³-hybridized carbons (Fsp3) is 0.353. The maximum Gasteiger partial charge on any atom is 0.339 e. The minimum atomic E-state index is -0.972. The van der Waals surface area contributed by atoms with E-state index in [-0.39, 0.29) is 11.7 Å². The number of hydrogen-bond acceptors (Lipinski definition) is 3. The Kier molecular flexibility index (Phi) is 4.06. The summed E-state index contributed by atoms with van der Waals surface area (Å²) in [6, 6.07) is 11.1. The van der Waals surface area contributed by atoms with Gasteiger partial charge >= 0.3 is 5.97 Å². The Morgan fingerprint density at radius 1 is 1.24 bits per heavy atom. The van der Waals surface area contributed by atoms with Crippen molar-refractivity contribution in [3.8, 4) is 5.75 Å². The summed E-state index contributed by atoms with van der Waals surface area (Å²) in [5, 5.41) is 11.2. The predicted octanol–water partition coefficient (Wildman–Crippen LogP) is 3.49. The lowest BCUT2D eigenvalue weighted by atomic mass is 10.1. The molecule has 0 spiro atoms. The van der Waals surface area contributed by atoms with E-state index in [1.807, 2.05) is 30.3 Å². The minimum absolute atomic E-state index is 0.0550. The molecule has 4 heteroatoms. The van der Waals surface area contributed by atoms with Crippen molar-refractivity contribution in [1.29, 1.82) is 0 Å². The van der Waals surface area contributed by atoms with E-state index in [1.165, 1.54) is 0 Å². The van der Waals surface area contributed by atoms with E-state index in [0.717, 1.165) is 36.6 Å². The van der Waals surface area contributed by atoms with Gasteiger partial charge in [0.15, 0.2) is 0 Å². The van der Waals surface area contributed by atoms with E-state index < -0.39 is 5.97 Å². The van der Waals surface area contributed by atoms with Crippen molar-refractivity contribution in [1.82, 2.24) is 0 Å². The second kappa shape index (κ2) is 6.14. The molecule has 1 fully saturated rings. The molecule has 1 unspecified atom stereocenters. The summed E-state index contributed by atoms with van der Waals surface area (Å²) >= 11 is 0. The zero-order valence-corrected chi connectivity index (χ0v) is 11.7. The zero-order chi connectivity index (χ0) is 14.7. The highest BCUT2D eigenvalue weighted by molar-refractivity contribution is 6.00. The lowest BCUT2D eigenvalue weighted by Crippen LogP contribution is -2.26. The summed E-state index contributed by atoms with van der Waals surface area (Å²) in [6.07, 6.45) is 3.24. The summed E-state index contributed by atoms with van der Waals surface area (Å²) in [5.41, 5.74) is 0.199. The molecule has 1 saturated heterocycles. The molecular weight excluding hydrogens is 268 g/mol. The van der Waals surface area contributed by atoms with Crippen LogP contribution in [0.5, 0.6) is 5.75 Å². The van der Waals surface area contributed by atoms with Crippen molar-refractivity contribution in [2.45, 2.75) is 25.4 Å². The fourth-order valence-electron chi connectivity index (χ4n) is 2.68. The average Bonchev–Trinajstić information content (AvgIpc) is 2.53. The van der Waals surface area contributed by atoms with Crippen molar-refractivity contribution in [2.24, 2.45) is 0 Å². The zero-order valence-electron chi connectivity index (χ0n) is 11.7. The van der Waals surface area contributed by atoms with Crippen LogP contribution in [-0.4, -0.2) is 30.4 Å². The van der Waals surface area contributed by atoms with Crippen molar-refractivity contribution in [2.75, 3.05) is 13.2 Å². The third-order valence-electron chi connectivity index (χ3n) is 3.80. The van der Waals surface area contributed by atoms with Crippen molar-refractivity contribution < 1.29 is 19.4 Å². The minimum Gasteiger partial charge on any atom is -0.489 e. The van der Waals surface area contributed by atoms with E-state index in [1.54, 1.807) is 6.07 Å². The normalized spacial score (nSPS) is 18.6. The smallest absolute Gasteiger partial charge is 0.339 e. The van der Waals surface area contributed by atoms with Crippen molar-refractivity contribution in [3.05, 3.63) is 42.0 Å². The number of carbonyl (C=O) groups is 1. The number of ether oxygens (including phenoxy) is 2. The highest BCUT2D eigenvalue weighted by Crippen LogP contribution is 2.30. The van der Waals surface area contributed by atoms with Gasteiger partial charge in [-0.15, -0.1) is 0 Å². The molecule has 0 aliphatic carbocycles. The summed E-state index contributed by atoms with van der Waals surface area (Å²) in [7, 11) is 0. The standard InChI is InChI=1S/C17H18O4/c18-17(19)15-9-8-12-5-1-2-7-14(12)16(15)21-11-13-6-3-4-10-20-13/h1-2,5,7-9,13H,3-4,6,10-11H2,(H,18,19). The second-order valence-corrected chi connectivity index (χ2v) is 5.27. The van der Waals surface area contributed by atoms with Crippen LogP contribution in [0.25, 0.3) is 10.8 Å². The van der Waals surface area contributed by atoms with Gasteiger partial charge in [0.1, 0.15) is 17.9 Å². The number of hydrogen-bond donors (Lipinski definition) is 1. The first kappa shape index (κ1) is 13.9. The van der Waals surface area contributed by atoms with Gasteiger partial charge in [0.25, 0.3) is 0 Å². The molecule has 0 bridgehead atoms. The number of carboxylic acids is 1. The molecule has 1 atom stereocenters. The summed E-state index contributed by atoms with van der Waals surface area (Å²) in [5.74, 6) is -0.532. The molecular formula is C17H18O4. The lowest BCUT2D eigenvalue weighted by Gasteiger charge is -2.23. The number of rotatable bonds is 4. The molecule has 110 valence electrons. The Morgan fingerprint density at radius 2 is 2.10 bits per heavy atom. The van der Waals surface area contributed by atoms with Crippen LogP contribution in [0.3, 0.4) is 0 Å². The number of benzene rings is 2. The third-order valence-corrected chi connectivity index (χ3v) is 3.80. The summed E-state index contributed by atoms with van der Waals surface area (Å²) in [6.45, 7) is 1.16. The van der Waals surface area contributed by atoms with Crippen LogP contribution in [-0.2, 0) is 4.74 Å². The number of aromatic carboxylic acids is 1. The largest absolute Gasteiger partial charge is 0.489 e. The first-order valence-corrected chi connectivity index (χ1v) is 7.25. The van der Waals surface area contributed by atoms with E-state index in [9.17, 15) is 9.90 Å². The molecule has 0 amide bonds. The molecule has 1 heterocycles. The van der Waals surface area contributed by atoms with E-state index in [4.69, 9.17) is 9.47 Å². The maximum absolute atomic E-state index is 11.4. The molecule has 2 aromatic rings. The molecule has 3 rings (SSSR count). The van der Waals surface area contributed by atoms with Crippen LogP contribution in [0, 0.1) is 0 Å². The number of fused-ring (bicyclic) bond motifs is 1. The van der Waals surface area contributed by atoms with Gasteiger partial charge in [0.2, 0.25) is 0 Å². The van der Waals surface area contributed by atoms with Crippen LogP contribution >= 0.6 is 0 Å². The topological polar surface area (TPSA) is 55.8 Å². The van der Waals surface area contributed by atoms with Gasteiger partial charge in [-0.3, -0.25) is 0 Å². The van der Waals surface area contributed by atoms with Crippen molar-refractivity contribution >= 4 is 16.7 Å². The highest BCUT2D eigenvalue weighted by atomic mass is 16.5. The second-order valence-electron chi connectivity index (χ2n) is 5.27. The summed E-state index contributed by atoms with van der Waals surface area (Å²) in [4.78, 5) is 11.4. The summed E-state index contributed by atoms with van der Waals surface area (Å²) < 4.78 is 11.5. The quantitative estimate of drug-likeness (QED) is 0.934. The van der Waals surface area contributed by atoms with Gasteiger partial charge in [-0.05, 0) is 30.7 Å². The monoisotopic (exact) mass is 286 g/mol. The Labute approximate surface area is 123 Å². The maximum atomic E-state index is 11.4. The van der Waals surface area contributed by atoms with Gasteiger partial charge in [0.05, 0.1) is 6.10 Å². The molecule has 0 radical (unpaired) electrons. The van der Waals surface area contributed by atoms with Crippen LogP contribution < -0.4 is 4.74 Å². The molecule has 0 saturated carbocycles. The first-order valence-electron chi connectivity index (χ1n) is 7.25. The molecule has 1 N–H and O–H groups in total. The number of carboxylic acid groups (broad SMARTS) is 1. The molecule has 1 aliphatic rings. The van der Waals surface area contributed by atoms with Gasteiger partial charge in [-0.25, -0.2) is 4.79 Å². The molecule has 1 aliphatic heterocycles. The molecule has 2 aromatic carbocycles. The molecule has 21 heavy (non-hydrogen) atoms. The van der Waals surface area contributed by atoms with Gasteiger partial charge in [-0.1, -0.05) is 30.3 Å². The van der Waals surface area contributed by atoms with Crippen LogP contribution in [0.2, 0.25) is 0 Å². The lowest BCUT2D eigenvalue weighted by molar-refractivity contribution is -0.0110. The van der Waals surface area contributed by atoms with Crippen molar-refractivity contribution in [3.63, 3.8) is 0 Å². The van der Waals surface area contributed by atoms with E-state index in [0.29, 0.717) is 12.4 Å². The third kappa shape index (κ3) is 3.00. The first-order chi connectivity index (χ1) is 10.3. The van der Waals surface area contributed by atoms with Gasteiger partial charge in [-0.2, -0.15) is 0 Å². The molecule has 4 nitrogen and oxygen atoms in total. The van der Waals surface area contributed by atoms with Gasteiger partial charge in [0, 0.05) is 12.0 Å². The fourth-order valence-corrected chi connectivity index (χ4v) is 2.68. The van der Waals surface area contributed by atoms with Crippen LogP contribution in [0.1, 0.15) is 29.6 Å². The van der Waals surface area contributed by atoms with E-state index >= 15 is 0 Å². The highest BCUT2D eigenvalue weighted by Gasteiger charge is 2.18. The Morgan fingerprint density at radius 3 is 2.86 bits per heavy atom. The molecule has 0 aromatic heterocycles. The van der Waals surface area contributed by atoms with E-state index in [2.05, 4.69) is 0 Å². The van der Waals surface area contributed by atoms with Crippen LogP contribution in [0.4, 0.5) is 0 Å². The Bertz CT molecular complexity index is 644. The Balaban J connectivity index is 1.90. The predicted molar refractivity (Wildman–Crippen MR) is 80.0 cm³/mol. The van der Waals surface area contributed by atoms with Gasteiger partial charge < -0.3 is 14.6 Å². The average molecular weight is 286 g/mol.